The fourth-order valence-corrected chi connectivity index (χ4v) is 4.84. The molecule has 2 heterocycles. The summed E-state index contributed by atoms with van der Waals surface area (Å²) in [5.74, 6) is 0.0741. The summed E-state index contributed by atoms with van der Waals surface area (Å²) < 4.78 is 49.7. The molecule has 0 spiro atoms. The minimum atomic E-state index is -4.46. The summed E-state index contributed by atoms with van der Waals surface area (Å²) in [5, 5.41) is 0. The quantitative estimate of drug-likeness (QED) is 0.277. The Bertz CT molecular complexity index is 1380. The van der Waals surface area contributed by atoms with Crippen molar-refractivity contribution < 1.29 is 32.2 Å². The first-order chi connectivity index (χ1) is 21.2. The summed E-state index contributed by atoms with van der Waals surface area (Å²) in [7, 11) is 3.22. The highest BCUT2D eigenvalue weighted by molar-refractivity contribution is 5.95. The number of carbonyl (C=O) groups excluding carboxylic acids is 2. The van der Waals surface area contributed by atoms with Crippen LogP contribution in [0, 0.1) is 0 Å². The normalized spacial score (nSPS) is 14.4. The topological polar surface area (TPSA) is 75.2 Å². The van der Waals surface area contributed by atoms with E-state index in [4.69, 9.17) is 9.47 Å². The number of likely N-dealkylation sites (N-methyl/N-ethyl adjacent to an activating group) is 1. The molecule has 0 N–H and O–H groups in total. The zero-order chi connectivity index (χ0) is 31.5. The van der Waals surface area contributed by atoms with Crippen LogP contribution in [0.5, 0.6) is 0 Å². The molecule has 8 nitrogen and oxygen atoms in total. The molecule has 44 heavy (non-hydrogen) atoms. The zero-order valence-corrected chi connectivity index (χ0v) is 24.9. The van der Waals surface area contributed by atoms with E-state index < -0.39 is 23.7 Å². The number of hydrogen-bond acceptors (Lipinski definition) is 6. The fourth-order valence-electron chi connectivity index (χ4n) is 4.84. The number of rotatable bonds is 12. The van der Waals surface area contributed by atoms with Gasteiger partial charge in [-0.3, -0.25) is 9.59 Å². The summed E-state index contributed by atoms with van der Waals surface area (Å²) >= 11 is 0. The summed E-state index contributed by atoms with van der Waals surface area (Å²) in [6, 6.07) is 16.9. The van der Waals surface area contributed by atoms with Gasteiger partial charge in [-0.15, -0.1) is 0 Å². The Balaban J connectivity index is 1.65. The van der Waals surface area contributed by atoms with Gasteiger partial charge < -0.3 is 24.2 Å². The largest absolute Gasteiger partial charge is 0.416 e. The highest BCUT2D eigenvalue weighted by Crippen LogP contribution is 2.29. The van der Waals surface area contributed by atoms with E-state index in [9.17, 15) is 22.8 Å². The standard InChI is InChI=1S/C33H37F3N4O4/c1-38(16-19-43-2)32(42)29(22-26-6-4-3-5-7-26)40(24-27-10-14-30(37-23-27)39-17-20-44-21-18-39)31(41)15-11-25-8-12-28(13-9-25)33(34,35)36/h3-15,23,29H,16-22,24H2,1-2H3/b15-11+/t29-/m0/s1. The molecule has 11 heteroatoms. The third kappa shape index (κ3) is 9.14. The molecule has 3 aromatic rings. The van der Waals surface area contributed by atoms with Gasteiger partial charge in [-0.25, -0.2) is 4.98 Å². The van der Waals surface area contributed by atoms with Crippen LogP contribution in [0.1, 0.15) is 22.3 Å². The highest BCUT2D eigenvalue weighted by atomic mass is 19.4. The number of methoxy groups -OCH3 is 1. The molecule has 1 aromatic heterocycles. The summed E-state index contributed by atoms with van der Waals surface area (Å²) in [6.45, 7) is 3.46. The molecule has 2 amide bonds. The third-order valence-electron chi connectivity index (χ3n) is 7.38. The van der Waals surface area contributed by atoms with Gasteiger partial charge in [0.1, 0.15) is 11.9 Å². The third-order valence-corrected chi connectivity index (χ3v) is 7.38. The number of amides is 2. The molecular weight excluding hydrogens is 573 g/mol. The van der Waals surface area contributed by atoms with Crippen molar-refractivity contribution in [2.24, 2.45) is 0 Å². The molecule has 1 fully saturated rings. The highest BCUT2D eigenvalue weighted by Gasteiger charge is 2.32. The summed E-state index contributed by atoms with van der Waals surface area (Å²) in [4.78, 5) is 37.5. The van der Waals surface area contributed by atoms with E-state index >= 15 is 0 Å². The smallest absolute Gasteiger partial charge is 0.383 e. The van der Waals surface area contributed by atoms with Gasteiger partial charge in [0.2, 0.25) is 11.8 Å². The molecule has 0 radical (unpaired) electrons. The van der Waals surface area contributed by atoms with Gasteiger partial charge in [0, 0.05) is 59.0 Å². The van der Waals surface area contributed by atoms with Crippen molar-refractivity contribution in [2.75, 3.05) is 58.5 Å². The van der Waals surface area contributed by atoms with Gasteiger partial charge in [0.05, 0.1) is 25.4 Å². The number of aromatic nitrogens is 1. The van der Waals surface area contributed by atoms with Gasteiger partial charge in [0.25, 0.3) is 0 Å². The Morgan fingerprint density at radius 1 is 1.02 bits per heavy atom. The van der Waals surface area contributed by atoms with Crippen LogP contribution < -0.4 is 4.90 Å². The average Bonchev–Trinajstić information content (AvgIpc) is 3.04. The summed E-state index contributed by atoms with van der Waals surface area (Å²) in [5.41, 5.74) is 1.24. The first kappa shape index (κ1) is 32.7. The van der Waals surface area contributed by atoms with Crippen LogP contribution in [-0.4, -0.2) is 86.3 Å². The molecular formula is C33H37F3N4O4. The van der Waals surface area contributed by atoms with Gasteiger partial charge in [-0.1, -0.05) is 48.5 Å². The second-order valence-electron chi connectivity index (χ2n) is 10.5. The maximum absolute atomic E-state index is 13.9. The van der Waals surface area contributed by atoms with Crippen molar-refractivity contribution in [3.05, 3.63) is 101 Å². The molecule has 1 aliphatic rings. The first-order valence-electron chi connectivity index (χ1n) is 14.4. The van der Waals surface area contributed by atoms with E-state index in [1.807, 2.05) is 42.5 Å². The van der Waals surface area contributed by atoms with E-state index in [0.29, 0.717) is 31.9 Å². The monoisotopic (exact) mass is 610 g/mol. The van der Waals surface area contributed by atoms with Crippen LogP contribution in [0.2, 0.25) is 0 Å². The molecule has 2 aromatic carbocycles. The SMILES string of the molecule is COCCN(C)C(=O)[C@H](Cc1ccccc1)N(Cc1ccc(N2CCOCC2)nc1)C(=O)/C=C/c1ccc(C(F)(F)F)cc1. The maximum atomic E-state index is 13.9. The fraction of sp³-hybridized carbons (Fsp3) is 0.364. The van der Waals surface area contributed by atoms with E-state index in [1.165, 1.54) is 34.1 Å². The first-order valence-corrected chi connectivity index (χ1v) is 14.4. The lowest BCUT2D eigenvalue weighted by atomic mass is 10.0. The van der Waals surface area contributed by atoms with Crippen molar-refractivity contribution in [1.29, 1.82) is 0 Å². The molecule has 0 aliphatic carbocycles. The number of hydrogen-bond donors (Lipinski definition) is 0. The van der Waals surface area contributed by atoms with Gasteiger partial charge in [-0.2, -0.15) is 13.2 Å². The maximum Gasteiger partial charge on any atom is 0.416 e. The van der Waals surface area contributed by atoms with Gasteiger partial charge in [0.15, 0.2) is 0 Å². The van der Waals surface area contributed by atoms with E-state index in [0.717, 1.165) is 42.2 Å². The van der Waals surface area contributed by atoms with Crippen LogP contribution in [0.15, 0.2) is 79.0 Å². The second kappa shape index (κ2) is 15.5. The minimum absolute atomic E-state index is 0.0912. The van der Waals surface area contributed by atoms with Crippen molar-refractivity contribution in [3.63, 3.8) is 0 Å². The van der Waals surface area contributed by atoms with Gasteiger partial charge >= 0.3 is 6.18 Å². The molecule has 0 saturated carbocycles. The number of halogens is 3. The van der Waals surface area contributed by atoms with E-state index in [2.05, 4.69) is 9.88 Å². The Morgan fingerprint density at radius 3 is 2.34 bits per heavy atom. The van der Waals surface area contributed by atoms with Crippen molar-refractivity contribution in [1.82, 2.24) is 14.8 Å². The van der Waals surface area contributed by atoms with Crippen LogP contribution in [0.25, 0.3) is 6.08 Å². The number of nitrogens with zero attached hydrogens (tertiary/aromatic N) is 4. The van der Waals surface area contributed by atoms with Crippen molar-refractivity contribution in [3.8, 4) is 0 Å². The predicted octanol–water partition coefficient (Wildman–Crippen LogP) is 4.70. The van der Waals surface area contributed by atoms with Gasteiger partial charge in [-0.05, 0) is 41.0 Å². The van der Waals surface area contributed by atoms with Crippen LogP contribution in [0.4, 0.5) is 19.0 Å². The number of carbonyl (C=O) groups is 2. The zero-order valence-electron chi connectivity index (χ0n) is 24.9. The number of morpholine rings is 1. The van der Waals surface area contributed by atoms with E-state index in [1.54, 1.807) is 20.4 Å². The Morgan fingerprint density at radius 2 is 1.73 bits per heavy atom. The second-order valence-corrected chi connectivity index (χ2v) is 10.5. The number of anilines is 1. The number of ether oxygens (including phenoxy) is 2. The molecule has 0 unspecified atom stereocenters. The van der Waals surface area contributed by atoms with Crippen LogP contribution >= 0.6 is 0 Å². The number of benzene rings is 2. The number of alkyl halides is 3. The predicted molar refractivity (Wildman–Crippen MR) is 162 cm³/mol. The minimum Gasteiger partial charge on any atom is -0.383 e. The van der Waals surface area contributed by atoms with Crippen LogP contribution in [-0.2, 0) is 38.2 Å². The lowest BCUT2D eigenvalue weighted by molar-refractivity contribution is -0.143. The Labute approximate surface area is 255 Å². The van der Waals surface area contributed by atoms with Crippen LogP contribution in [0.3, 0.4) is 0 Å². The molecule has 234 valence electrons. The molecule has 0 bridgehead atoms. The Hall–Kier alpha value is -4.22. The van der Waals surface area contributed by atoms with E-state index in [-0.39, 0.29) is 18.9 Å². The molecule has 1 aliphatic heterocycles. The van der Waals surface area contributed by atoms with Crippen molar-refractivity contribution in [2.45, 2.75) is 25.2 Å². The lowest BCUT2D eigenvalue weighted by Gasteiger charge is -2.33. The lowest BCUT2D eigenvalue weighted by Crippen LogP contribution is -2.51. The molecule has 1 atom stereocenters. The summed E-state index contributed by atoms with van der Waals surface area (Å²) in [6.07, 6.45) is 0.242. The van der Waals surface area contributed by atoms with Crippen molar-refractivity contribution >= 4 is 23.7 Å². The molecule has 4 rings (SSSR count). The molecule has 1 saturated heterocycles. The number of pyridine rings is 1. The Kier molecular flexibility index (Phi) is 11.5. The average molecular weight is 611 g/mol.